The van der Waals surface area contributed by atoms with Crippen molar-refractivity contribution in [2.45, 2.75) is 38.2 Å². The van der Waals surface area contributed by atoms with Gasteiger partial charge in [0.1, 0.15) is 18.2 Å². The van der Waals surface area contributed by atoms with Gasteiger partial charge in [0.15, 0.2) is 6.10 Å². The SMILES string of the molecule is Cc1ccc(C(C)(C)CNC2(C(O)COc3ccc(F)cc3)OC(=O)C(=O)O2)cc1. The largest absolute Gasteiger partial charge is 0.490 e. The predicted octanol–water partition coefficient (Wildman–Crippen LogP) is 2.20. The Morgan fingerprint density at radius 3 is 2.20 bits per heavy atom. The molecule has 8 heteroatoms. The van der Waals surface area contributed by atoms with Crippen molar-refractivity contribution in [3.8, 4) is 5.75 Å². The van der Waals surface area contributed by atoms with Crippen LogP contribution >= 0.6 is 0 Å². The lowest BCUT2D eigenvalue weighted by atomic mass is 9.84. The molecule has 1 aliphatic heterocycles. The first-order chi connectivity index (χ1) is 14.1. The number of ether oxygens (including phenoxy) is 3. The van der Waals surface area contributed by atoms with E-state index in [-0.39, 0.29) is 13.2 Å². The van der Waals surface area contributed by atoms with Gasteiger partial charge in [-0.3, -0.25) is 0 Å². The number of esters is 2. The Labute approximate surface area is 173 Å². The lowest BCUT2D eigenvalue weighted by Gasteiger charge is -2.35. The number of aliphatic hydroxyl groups is 1. The van der Waals surface area contributed by atoms with Gasteiger partial charge in [-0.05, 0) is 36.8 Å². The maximum absolute atomic E-state index is 13.0. The number of nitrogens with one attached hydrogen (secondary N) is 1. The number of cyclic esters (lactones) is 2. The van der Waals surface area contributed by atoms with Gasteiger partial charge in [-0.2, -0.15) is 0 Å². The minimum atomic E-state index is -2.09. The molecule has 1 unspecified atom stereocenters. The Morgan fingerprint density at radius 1 is 1.07 bits per heavy atom. The Bertz CT molecular complexity index is 894. The lowest BCUT2D eigenvalue weighted by molar-refractivity contribution is -0.241. The van der Waals surface area contributed by atoms with Gasteiger partial charge in [0.05, 0.1) is 0 Å². The predicted molar refractivity (Wildman–Crippen MR) is 105 cm³/mol. The highest BCUT2D eigenvalue weighted by molar-refractivity contribution is 6.31. The van der Waals surface area contributed by atoms with Gasteiger partial charge < -0.3 is 19.3 Å². The third kappa shape index (κ3) is 4.77. The van der Waals surface area contributed by atoms with Crippen molar-refractivity contribution >= 4 is 11.9 Å². The van der Waals surface area contributed by atoms with Crippen LogP contribution in [0.1, 0.15) is 25.0 Å². The van der Waals surface area contributed by atoms with Crippen LogP contribution in [-0.2, 0) is 24.5 Å². The third-order valence-corrected chi connectivity index (χ3v) is 4.93. The summed E-state index contributed by atoms with van der Waals surface area (Å²) in [7, 11) is 0. The summed E-state index contributed by atoms with van der Waals surface area (Å²) in [6.45, 7) is 5.74. The van der Waals surface area contributed by atoms with E-state index in [0.717, 1.165) is 11.1 Å². The van der Waals surface area contributed by atoms with Crippen molar-refractivity contribution in [3.63, 3.8) is 0 Å². The second kappa shape index (κ2) is 8.41. The van der Waals surface area contributed by atoms with Crippen LogP contribution in [0, 0.1) is 12.7 Å². The molecule has 0 bridgehead atoms. The first-order valence-corrected chi connectivity index (χ1v) is 9.46. The van der Waals surface area contributed by atoms with Crippen molar-refractivity contribution in [1.82, 2.24) is 5.32 Å². The smallest absolute Gasteiger partial charge is 0.422 e. The van der Waals surface area contributed by atoms with Gasteiger partial charge in [0.25, 0.3) is 0 Å². The van der Waals surface area contributed by atoms with Crippen LogP contribution in [0.15, 0.2) is 48.5 Å². The number of carbonyl (C=O) groups excluding carboxylic acids is 2. The molecule has 0 spiro atoms. The summed E-state index contributed by atoms with van der Waals surface area (Å²) in [5.41, 5.74) is 1.68. The number of hydrogen-bond acceptors (Lipinski definition) is 7. The molecule has 0 amide bonds. The van der Waals surface area contributed by atoms with Crippen LogP contribution in [-0.4, -0.2) is 42.2 Å². The average molecular weight is 417 g/mol. The van der Waals surface area contributed by atoms with Gasteiger partial charge in [0.2, 0.25) is 0 Å². The molecule has 0 aromatic heterocycles. The van der Waals surface area contributed by atoms with Gasteiger partial charge in [0, 0.05) is 12.0 Å². The molecule has 1 heterocycles. The van der Waals surface area contributed by atoms with E-state index >= 15 is 0 Å². The fraction of sp³-hybridized carbons (Fsp3) is 0.364. The van der Waals surface area contributed by atoms with E-state index < -0.39 is 35.2 Å². The summed E-state index contributed by atoms with van der Waals surface area (Å²) in [6, 6.07) is 13.1. The minimum Gasteiger partial charge on any atom is -0.490 e. The van der Waals surface area contributed by atoms with Gasteiger partial charge in [-0.1, -0.05) is 43.7 Å². The van der Waals surface area contributed by atoms with E-state index in [1.165, 1.54) is 24.3 Å². The summed E-state index contributed by atoms with van der Waals surface area (Å²) in [6.07, 6.45) is -1.54. The number of aryl methyl sites for hydroxylation is 1. The molecule has 7 nitrogen and oxygen atoms in total. The van der Waals surface area contributed by atoms with Crippen LogP contribution < -0.4 is 10.1 Å². The van der Waals surface area contributed by atoms with Crippen molar-refractivity contribution < 1.29 is 33.3 Å². The minimum absolute atomic E-state index is 0.213. The Kier molecular flexibility index (Phi) is 6.09. The molecule has 1 atom stereocenters. The highest BCUT2D eigenvalue weighted by Gasteiger charge is 2.55. The molecule has 160 valence electrons. The summed E-state index contributed by atoms with van der Waals surface area (Å²) in [5, 5.41) is 13.5. The van der Waals surface area contributed by atoms with Crippen molar-refractivity contribution in [1.29, 1.82) is 0 Å². The zero-order chi connectivity index (χ0) is 21.9. The number of halogens is 1. The van der Waals surface area contributed by atoms with Gasteiger partial charge >= 0.3 is 17.8 Å². The summed E-state index contributed by atoms with van der Waals surface area (Å²) < 4.78 is 28.6. The number of benzene rings is 2. The highest BCUT2D eigenvalue weighted by atomic mass is 19.1. The molecule has 1 fully saturated rings. The normalized spacial score (nSPS) is 16.7. The molecule has 30 heavy (non-hydrogen) atoms. The molecule has 1 saturated heterocycles. The van der Waals surface area contributed by atoms with Crippen LogP contribution in [0.2, 0.25) is 0 Å². The second-order valence-corrected chi connectivity index (χ2v) is 7.83. The maximum atomic E-state index is 13.0. The van der Waals surface area contributed by atoms with E-state index in [9.17, 15) is 19.1 Å². The molecule has 3 rings (SSSR count). The standard InChI is InChI=1S/C22H24FNO6/c1-14-4-6-15(7-5-14)21(2,3)13-24-22(29-19(26)20(27)30-22)18(25)12-28-17-10-8-16(23)9-11-17/h4-11,18,24-25H,12-13H2,1-3H3. The Morgan fingerprint density at radius 2 is 1.63 bits per heavy atom. The molecule has 0 saturated carbocycles. The zero-order valence-electron chi connectivity index (χ0n) is 17.0. The van der Waals surface area contributed by atoms with E-state index in [1.54, 1.807) is 0 Å². The second-order valence-electron chi connectivity index (χ2n) is 7.83. The maximum Gasteiger partial charge on any atom is 0.422 e. The van der Waals surface area contributed by atoms with Crippen LogP contribution in [0.4, 0.5) is 4.39 Å². The van der Waals surface area contributed by atoms with Crippen molar-refractivity contribution in [3.05, 3.63) is 65.5 Å². The van der Waals surface area contributed by atoms with Gasteiger partial charge in [-0.15, -0.1) is 0 Å². The fourth-order valence-corrected chi connectivity index (χ4v) is 2.97. The monoisotopic (exact) mass is 417 g/mol. The van der Waals surface area contributed by atoms with E-state index in [2.05, 4.69) is 5.32 Å². The van der Waals surface area contributed by atoms with Crippen LogP contribution in [0.3, 0.4) is 0 Å². The Balaban J connectivity index is 1.73. The van der Waals surface area contributed by atoms with Crippen molar-refractivity contribution in [2.24, 2.45) is 0 Å². The average Bonchev–Trinajstić information content (AvgIpc) is 3.01. The molecule has 0 aliphatic carbocycles. The first kappa shape index (κ1) is 21.7. The number of carbonyl (C=O) groups is 2. The van der Waals surface area contributed by atoms with Crippen LogP contribution in [0.5, 0.6) is 5.75 Å². The van der Waals surface area contributed by atoms with E-state index in [4.69, 9.17) is 14.2 Å². The Hall–Kier alpha value is -2.97. The van der Waals surface area contributed by atoms with E-state index in [1.807, 2.05) is 45.0 Å². The van der Waals surface area contributed by atoms with Crippen molar-refractivity contribution in [2.75, 3.05) is 13.2 Å². The third-order valence-electron chi connectivity index (χ3n) is 4.93. The number of hydrogen-bond donors (Lipinski definition) is 2. The molecule has 1 aliphatic rings. The lowest BCUT2D eigenvalue weighted by Crippen LogP contribution is -2.60. The zero-order valence-corrected chi connectivity index (χ0v) is 17.0. The highest BCUT2D eigenvalue weighted by Crippen LogP contribution is 2.28. The number of rotatable bonds is 8. The molecular formula is C22H24FNO6. The molecule has 2 aromatic carbocycles. The summed E-state index contributed by atoms with van der Waals surface area (Å²) in [4.78, 5) is 23.4. The summed E-state index contributed by atoms with van der Waals surface area (Å²) >= 11 is 0. The van der Waals surface area contributed by atoms with E-state index in [0.29, 0.717) is 5.75 Å². The van der Waals surface area contributed by atoms with Gasteiger partial charge in [-0.25, -0.2) is 19.3 Å². The molecule has 2 N–H and O–H groups in total. The molecule has 2 aromatic rings. The molecular weight excluding hydrogens is 393 g/mol. The van der Waals surface area contributed by atoms with Crippen LogP contribution in [0.25, 0.3) is 0 Å². The fourth-order valence-electron chi connectivity index (χ4n) is 2.97. The quantitative estimate of drug-likeness (QED) is 0.502. The first-order valence-electron chi connectivity index (χ1n) is 9.46. The molecule has 0 radical (unpaired) electrons. The topological polar surface area (TPSA) is 94.1 Å². The number of aliphatic hydroxyl groups excluding tert-OH is 1. The summed E-state index contributed by atoms with van der Waals surface area (Å²) in [5.74, 6) is -4.65.